The summed E-state index contributed by atoms with van der Waals surface area (Å²) >= 11 is 11.9. The largest absolute Gasteiger partial charge is 0.335 e. The Morgan fingerprint density at radius 1 is 1.38 bits per heavy atom. The molecule has 1 heterocycles. The van der Waals surface area contributed by atoms with E-state index in [1.54, 1.807) is 18.2 Å². The summed E-state index contributed by atoms with van der Waals surface area (Å²) in [4.78, 5) is 25.1. The topological polar surface area (TPSA) is 61.4 Å². The Morgan fingerprint density at radius 3 is 2.46 bits per heavy atom. The lowest BCUT2D eigenvalue weighted by Crippen LogP contribution is -2.44. The number of benzene rings is 1. The number of likely N-dealkylation sites (N-methyl/N-ethyl adjacent to an activating group) is 1. The van der Waals surface area contributed by atoms with E-state index >= 15 is 0 Å². The smallest absolute Gasteiger partial charge is 0.262 e. The number of hydrogen-bond donors (Lipinski definition) is 2. The maximum atomic E-state index is 13.1. The summed E-state index contributed by atoms with van der Waals surface area (Å²) in [5.41, 5.74) is 0.243. The first-order valence-corrected chi connectivity index (χ1v) is 7.55. The third kappa shape index (κ3) is 5.17. The van der Waals surface area contributed by atoms with Gasteiger partial charge in [0.1, 0.15) is 0 Å². The number of hydrogen-bond acceptors (Lipinski definition) is 3. The molecule has 1 aliphatic heterocycles. The van der Waals surface area contributed by atoms with Crippen LogP contribution in [-0.2, 0) is 9.59 Å². The molecule has 2 rings (SSSR count). The lowest BCUT2D eigenvalue weighted by Gasteiger charge is -2.21. The van der Waals surface area contributed by atoms with Gasteiger partial charge in [-0.05, 0) is 12.1 Å². The van der Waals surface area contributed by atoms with Gasteiger partial charge in [0.05, 0.1) is 34.9 Å². The predicted molar refractivity (Wildman–Crippen MR) is 91.3 cm³/mol. The van der Waals surface area contributed by atoms with Crippen molar-refractivity contribution in [3.63, 3.8) is 0 Å². The molecule has 2 amide bonds. The lowest BCUT2D eigenvalue weighted by molar-refractivity contribution is -0.135. The molecule has 0 bridgehead atoms. The highest BCUT2D eigenvalue weighted by Gasteiger charge is 2.43. The number of alkyl halides is 2. The Hall–Kier alpha value is -1.15. The first-order valence-electron chi connectivity index (χ1n) is 6.80. The zero-order valence-electron chi connectivity index (χ0n) is 12.6. The van der Waals surface area contributed by atoms with Gasteiger partial charge in [0.25, 0.3) is 5.92 Å². The fourth-order valence-electron chi connectivity index (χ4n) is 2.25. The second-order valence-electron chi connectivity index (χ2n) is 5.33. The Morgan fingerprint density at radius 2 is 1.96 bits per heavy atom. The molecule has 5 nitrogen and oxygen atoms in total. The van der Waals surface area contributed by atoms with Crippen molar-refractivity contribution in [2.45, 2.75) is 18.4 Å². The second-order valence-corrected chi connectivity index (χ2v) is 6.15. The van der Waals surface area contributed by atoms with Gasteiger partial charge >= 0.3 is 0 Å². The molecule has 10 heteroatoms. The molecule has 0 spiro atoms. The molecule has 1 unspecified atom stereocenters. The molecular weight excluding hydrogens is 387 g/mol. The van der Waals surface area contributed by atoms with E-state index in [1.165, 1.54) is 7.05 Å². The molecule has 1 fully saturated rings. The van der Waals surface area contributed by atoms with Gasteiger partial charge in [-0.2, -0.15) is 0 Å². The van der Waals surface area contributed by atoms with Crippen LogP contribution in [0.25, 0.3) is 0 Å². The number of nitrogens with zero attached hydrogens (tertiary/aromatic N) is 1. The van der Waals surface area contributed by atoms with Gasteiger partial charge in [-0.1, -0.05) is 29.3 Å². The minimum Gasteiger partial charge on any atom is -0.335 e. The molecule has 0 aliphatic carbocycles. The maximum Gasteiger partial charge on any atom is 0.262 e. The number of para-hydroxylation sites is 1. The molecule has 0 radical (unpaired) electrons. The van der Waals surface area contributed by atoms with Crippen molar-refractivity contribution in [2.24, 2.45) is 0 Å². The number of rotatable bonds is 4. The van der Waals surface area contributed by atoms with E-state index in [2.05, 4.69) is 10.6 Å². The predicted octanol–water partition coefficient (Wildman–Crippen LogP) is 2.81. The maximum absolute atomic E-state index is 13.1. The highest BCUT2D eigenvalue weighted by Crippen LogP contribution is 2.30. The Bertz CT molecular complexity index is 611. The summed E-state index contributed by atoms with van der Waals surface area (Å²) in [5.74, 6) is -4.00. The number of carbonyl (C=O) groups excluding carboxylic acids is 2. The Labute approximate surface area is 154 Å². The summed E-state index contributed by atoms with van der Waals surface area (Å²) in [6, 6.07) is 3.75. The van der Waals surface area contributed by atoms with Gasteiger partial charge < -0.3 is 10.2 Å². The molecule has 134 valence electrons. The molecule has 0 aromatic heterocycles. The first-order chi connectivity index (χ1) is 10.7. The van der Waals surface area contributed by atoms with Crippen molar-refractivity contribution < 1.29 is 18.4 Å². The standard InChI is InChI=1S/C14H15Cl2F2N3O2.ClH/c1-21(13(23)10-5-14(17,18)7-19-10)6-11(22)20-12-8(15)3-2-4-9(12)16;/h2-4,10,19H,5-7H2,1H3,(H,20,22);1H. The SMILES string of the molecule is CN(CC(=O)Nc1c(Cl)cccc1Cl)C(=O)C1CC(F)(F)CN1.Cl. The second kappa shape index (κ2) is 8.29. The fraction of sp³-hybridized carbons (Fsp3) is 0.429. The molecule has 2 N–H and O–H groups in total. The minimum atomic E-state index is -2.91. The van der Waals surface area contributed by atoms with Crippen molar-refractivity contribution in [2.75, 3.05) is 25.5 Å². The average molecular weight is 403 g/mol. The van der Waals surface area contributed by atoms with Crippen molar-refractivity contribution in [1.29, 1.82) is 0 Å². The number of carbonyl (C=O) groups is 2. The normalized spacial score (nSPS) is 18.6. The van der Waals surface area contributed by atoms with Crippen LogP contribution in [0.5, 0.6) is 0 Å². The van der Waals surface area contributed by atoms with E-state index in [0.717, 1.165) is 4.90 Å². The van der Waals surface area contributed by atoms with Gasteiger partial charge in [-0.15, -0.1) is 12.4 Å². The molecule has 24 heavy (non-hydrogen) atoms. The van der Waals surface area contributed by atoms with E-state index in [9.17, 15) is 18.4 Å². The van der Waals surface area contributed by atoms with Gasteiger partial charge in [0.2, 0.25) is 11.8 Å². The quantitative estimate of drug-likeness (QED) is 0.814. The highest BCUT2D eigenvalue weighted by atomic mass is 35.5. The van der Waals surface area contributed by atoms with E-state index in [4.69, 9.17) is 23.2 Å². The zero-order valence-corrected chi connectivity index (χ0v) is 14.9. The number of amides is 2. The Balaban J connectivity index is 0.00000288. The molecule has 1 aromatic rings. The number of anilines is 1. The van der Waals surface area contributed by atoms with Crippen LogP contribution in [-0.4, -0.2) is 48.8 Å². The molecule has 1 atom stereocenters. The molecule has 0 saturated carbocycles. The third-order valence-corrected chi connectivity index (χ3v) is 4.02. The van der Waals surface area contributed by atoms with E-state index in [-0.39, 0.29) is 34.7 Å². The van der Waals surface area contributed by atoms with Gasteiger partial charge in [-0.3, -0.25) is 14.9 Å². The van der Waals surface area contributed by atoms with Gasteiger partial charge in [0.15, 0.2) is 0 Å². The number of halogens is 5. The molecule has 1 saturated heterocycles. The van der Waals surface area contributed by atoms with Crippen LogP contribution in [0.15, 0.2) is 18.2 Å². The number of nitrogens with one attached hydrogen (secondary N) is 2. The van der Waals surface area contributed by atoms with Crippen LogP contribution in [0.4, 0.5) is 14.5 Å². The van der Waals surface area contributed by atoms with Crippen LogP contribution in [0.2, 0.25) is 10.0 Å². The first kappa shape index (κ1) is 20.9. The molecule has 1 aliphatic rings. The van der Waals surface area contributed by atoms with Gasteiger partial charge in [-0.25, -0.2) is 8.78 Å². The Kier molecular flexibility index (Phi) is 7.22. The average Bonchev–Trinajstić information content (AvgIpc) is 2.82. The van der Waals surface area contributed by atoms with Crippen LogP contribution in [0.3, 0.4) is 0 Å². The zero-order chi connectivity index (χ0) is 17.2. The van der Waals surface area contributed by atoms with Crippen LogP contribution >= 0.6 is 35.6 Å². The summed E-state index contributed by atoms with van der Waals surface area (Å²) < 4.78 is 26.2. The van der Waals surface area contributed by atoms with Crippen LogP contribution < -0.4 is 10.6 Å². The van der Waals surface area contributed by atoms with E-state index in [1.807, 2.05) is 0 Å². The van der Waals surface area contributed by atoms with Crippen molar-refractivity contribution >= 4 is 53.1 Å². The lowest BCUT2D eigenvalue weighted by atomic mass is 10.1. The molecule has 1 aromatic carbocycles. The van der Waals surface area contributed by atoms with Crippen LogP contribution in [0, 0.1) is 0 Å². The van der Waals surface area contributed by atoms with Gasteiger partial charge in [0, 0.05) is 13.5 Å². The highest BCUT2D eigenvalue weighted by molar-refractivity contribution is 6.39. The third-order valence-electron chi connectivity index (χ3n) is 3.39. The summed E-state index contributed by atoms with van der Waals surface area (Å²) in [7, 11) is 1.37. The van der Waals surface area contributed by atoms with E-state index in [0.29, 0.717) is 0 Å². The van der Waals surface area contributed by atoms with Crippen molar-refractivity contribution in [3.8, 4) is 0 Å². The summed E-state index contributed by atoms with van der Waals surface area (Å²) in [6.07, 6.45) is -0.575. The summed E-state index contributed by atoms with van der Waals surface area (Å²) in [5, 5.41) is 5.48. The monoisotopic (exact) mass is 401 g/mol. The van der Waals surface area contributed by atoms with Crippen molar-refractivity contribution in [1.82, 2.24) is 10.2 Å². The van der Waals surface area contributed by atoms with E-state index < -0.39 is 36.7 Å². The van der Waals surface area contributed by atoms with Crippen LogP contribution in [0.1, 0.15) is 6.42 Å². The summed E-state index contributed by atoms with van der Waals surface area (Å²) in [6.45, 7) is -0.844. The minimum absolute atomic E-state index is 0. The van der Waals surface area contributed by atoms with Crippen molar-refractivity contribution in [3.05, 3.63) is 28.2 Å². The molecular formula is C14H16Cl3F2N3O2. The fourth-order valence-corrected chi connectivity index (χ4v) is 2.74.